The number of rotatable bonds is 5. The first-order chi connectivity index (χ1) is 8.12. The zero-order valence-electron chi connectivity index (χ0n) is 10.7. The molecule has 94 valence electrons. The number of phenolic OH excluding ortho intramolecular Hbond substituents is 1. The summed E-state index contributed by atoms with van der Waals surface area (Å²) in [6.07, 6.45) is 3.93. The molecule has 1 aliphatic rings. The van der Waals surface area contributed by atoms with Crippen LogP contribution in [-0.2, 0) is 6.54 Å². The second-order valence-electron chi connectivity index (χ2n) is 5.24. The van der Waals surface area contributed by atoms with Crippen LogP contribution in [0.2, 0.25) is 0 Å². The molecule has 1 aromatic rings. The van der Waals surface area contributed by atoms with Gasteiger partial charge in [0.05, 0.1) is 0 Å². The lowest BCUT2D eigenvalue weighted by molar-refractivity contribution is 0.0598. The minimum atomic E-state index is 0.331. The first-order valence-corrected chi connectivity index (χ1v) is 6.28. The van der Waals surface area contributed by atoms with Gasteiger partial charge in [-0.25, -0.2) is 0 Å². The maximum Gasteiger partial charge on any atom is 0.115 e. The number of nitrogens with one attached hydrogen (secondary N) is 1. The summed E-state index contributed by atoms with van der Waals surface area (Å²) in [4.78, 5) is 2.35. The highest BCUT2D eigenvalue weighted by atomic mass is 16.3. The van der Waals surface area contributed by atoms with E-state index >= 15 is 0 Å². The van der Waals surface area contributed by atoms with Crippen molar-refractivity contribution in [1.82, 2.24) is 10.2 Å². The molecule has 0 heterocycles. The maximum atomic E-state index is 9.20. The first-order valence-electron chi connectivity index (χ1n) is 6.28. The molecular weight excluding hydrogens is 212 g/mol. The highest BCUT2D eigenvalue weighted by Crippen LogP contribution is 2.35. The predicted octanol–water partition coefficient (Wildman–Crippen LogP) is 1.97. The third-order valence-corrected chi connectivity index (χ3v) is 3.95. The lowest BCUT2D eigenvalue weighted by Crippen LogP contribution is -2.56. The molecule has 0 saturated heterocycles. The van der Waals surface area contributed by atoms with E-state index in [0.29, 0.717) is 11.3 Å². The number of hydrogen-bond acceptors (Lipinski definition) is 3. The fourth-order valence-corrected chi connectivity index (χ4v) is 2.42. The Balaban J connectivity index is 1.81. The van der Waals surface area contributed by atoms with Gasteiger partial charge < -0.3 is 15.3 Å². The zero-order chi connectivity index (χ0) is 12.3. The van der Waals surface area contributed by atoms with Crippen molar-refractivity contribution >= 4 is 0 Å². The molecule has 3 nitrogen and oxygen atoms in total. The van der Waals surface area contributed by atoms with Gasteiger partial charge in [-0.2, -0.15) is 0 Å². The number of phenols is 1. The third kappa shape index (κ3) is 2.79. The van der Waals surface area contributed by atoms with Gasteiger partial charge in [-0.3, -0.25) is 0 Å². The van der Waals surface area contributed by atoms with Crippen LogP contribution in [-0.4, -0.2) is 36.2 Å². The monoisotopic (exact) mass is 234 g/mol. The van der Waals surface area contributed by atoms with E-state index in [1.807, 2.05) is 12.1 Å². The number of aromatic hydroxyl groups is 1. The smallest absolute Gasteiger partial charge is 0.115 e. The van der Waals surface area contributed by atoms with Crippen LogP contribution in [0.25, 0.3) is 0 Å². The first kappa shape index (κ1) is 12.4. The molecule has 2 rings (SSSR count). The molecule has 0 unspecified atom stereocenters. The van der Waals surface area contributed by atoms with Gasteiger partial charge in [0.2, 0.25) is 0 Å². The summed E-state index contributed by atoms with van der Waals surface area (Å²) in [6, 6.07) is 7.40. The molecule has 0 amide bonds. The topological polar surface area (TPSA) is 35.5 Å². The summed E-state index contributed by atoms with van der Waals surface area (Å²) in [5.74, 6) is 0.331. The van der Waals surface area contributed by atoms with E-state index in [-0.39, 0.29) is 0 Å². The summed E-state index contributed by atoms with van der Waals surface area (Å²) in [5, 5.41) is 12.7. The van der Waals surface area contributed by atoms with Gasteiger partial charge in [0, 0.05) is 18.6 Å². The van der Waals surface area contributed by atoms with Gasteiger partial charge in [-0.15, -0.1) is 0 Å². The molecule has 17 heavy (non-hydrogen) atoms. The normalized spacial score (nSPS) is 18.1. The van der Waals surface area contributed by atoms with E-state index in [1.165, 1.54) is 24.8 Å². The SMILES string of the molecule is CN(C)C1(CNCc2ccc(O)cc2)CCC1. The van der Waals surface area contributed by atoms with E-state index in [2.05, 4.69) is 24.3 Å². The molecule has 0 radical (unpaired) electrons. The molecule has 0 spiro atoms. The minimum Gasteiger partial charge on any atom is -0.508 e. The van der Waals surface area contributed by atoms with Crippen molar-refractivity contribution in [2.45, 2.75) is 31.3 Å². The average molecular weight is 234 g/mol. The zero-order valence-corrected chi connectivity index (χ0v) is 10.7. The van der Waals surface area contributed by atoms with Gasteiger partial charge in [-0.1, -0.05) is 12.1 Å². The van der Waals surface area contributed by atoms with Crippen LogP contribution in [0.3, 0.4) is 0 Å². The van der Waals surface area contributed by atoms with Crippen LogP contribution in [0, 0.1) is 0 Å². The highest BCUT2D eigenvalue weighted by Gasteiger charge is 2.38. The van der Waals surface area contributed by atoms with E-state index in [9.17, 15) is 5.11 Å². The van der Waals surface area contributed by atoms with Crippen molar-refractivity contribution in [3.05, 3.63) is 29.8 Å². The fraction of sp³-hybridized carbons (Fsp3) is 0.571. The molecule has 0 aliphatic heterocycles. The number of hydrogen-bond donors (Lipinski definition) is 2. The molecule has 1 aliphatic carbocycles. The quantitative estimate of drug-likeness (QED) is 0.817. The molecule has 1 saturated carbocycles. The van der Waals surface area contributed by atoms with E-state index in [0.717, 1.165) is 13.1 Å². The van der Waals surface area contributed by atoms with Crippen LogP contribution >= 0.6 is 0 Å². The molecule has 1 fully saturated rings. The molecule has 1 aromatic carbocycles. The van der Waals surface area contributed by atoms with Crippen molar-refractivity contribution < 1.29 is 5.11 Å². The Morgan fingerprint density at radius 2 is 1.88 bits per heavy atom. The Hall–Kier alpha value is -1.06. The number of nitrogens with zero attached hydrogens (tertiary/aromatic N) is 1. The van der Waals surface area contributed by atoms with E-state index < -0.39 is 0 Å². The number of benzene rings is 1. The van der Waals surface area contributed by atoms with Gasteiger partial charge in [0.1, 0.15) is 5.75 Å². The summed E-state index contributed by atoms with van der Waals surface area (Å²) in [6.45, 7) is 1.91. The summed E-state index contributed by atoms with van der Waals surface area (Å²) < 4.78 is 0. The van der Waals surface area contributed by atoms with Crippen LogP contribution in [0.1, 0.15) is 24.8 Å². The molecule has 2 N–H and O–H groups in total. The molecule has 0 aromatic heterocycles. The van der Waals surface area contributed by atoms with Crippen LogP contribution in [0.5, 0.6) is 5.75 Å². The van der Waals surface area contributed by atoms with E-state index in [4.69, 9.17) is 0 Å². The second-order valence-corrected chi connectivity index (χ2v) is 5.24. The fourth-order valence-electron chi connectivity index (χ4n) is 2.42. The minimum absolute atomic E-state index is 0.331. The van der Waals surface area contributed by atoms with Crippen LogP contribution in [0.4, 0.5) is 0 Å². The molecule has 0 atom stereocenters. The third-order valence-electron chi connectivity index (χ3n) is 3.95. The lowest BCUT2D eigenvalue weighted by Gasteiger charge is -2.47. The second kappa shape index (κ2) is 5.07. The summed E-state index contributed by atoms with van der Waals surface area (Å²) in [5.41, 5.74) is 1.59. The Kier molecular flexibility index (Phi) is 3.69. The Morgan fingerprint density at radius 1 is 1.24 bits per heavy atom. The lowest BCUT2D eigenvalue weighted by atomic mass is 9.75. The molecule has 3 heteroatoms. The number of likely N-dealkylation sites (N-methyl/N-ethyl adjacent to an activating group) is 1. The van der Waals surface area contributed by atoms with Crippen molar-refractivity contribution in [1.29, 1.82) is 0 Å². The summed E-state index contributed by atoms with van der Waals surface area (Å²) in [7, 11) is 4.34. The predicted molar refractivity (Wildman–Crippen MR) is 70.1 cm³/mol. The Labute approximate surface area is 103 Å². The van der Waals surface area contributed by atoms with Gasteiger partial charge in [-0.05, 0) is 51.1 Å². The van der Waals surface area contributed by atoms with Gasteiger partial charge in [0.25, 0.3) is 0 Å². The largest absolute Gasteiger partial charge is 0.508 e. The summed E-state index contributed by atoms with van der Waals surface area (Å²) >= 11 is 0. The van der Waals surface area contributed by atoms with E-state index in [1.54, 1.807) is 12.1 Å². The highest BCUT2D eigenvalue weighted by molar-refractivity contribution is 5.25. The average Bonchev–Trinajstić information content (AvgIpc) is 2.24. The van der Waals surface area contributed by atoms with Crippen molar-refractivity contribution in [3.63, 3.8) is 0 Å². The standard InChI is InChI=1S/C14H22N2O/c1-16(2)14(8-3-9-14)11-15-10-12-4-6-13(17)7-5-12/h4-7,15,17H,3,8-11H2,1-2H3. The van der Waals surface area contributed by atoms with Crippen LogP contribution < -0.4 is 5.32 Å². The Bertz CT molecular complexity index is 355. The van der Waals surface area contributed by atoms with Crippen molar-refractivity contribution in [2.24, 2.45) is 0 Å². The Morgan fingerprint density at radius 3 is 2.35 bits per heavy atom. The molecule has 0 bridgehead atoms. The molecular formula is C14H22N2O. The van der Waals surface area contributed by atoms with Crippen molar-refractivity contribution in [3.8, 4) is 5.75 Å². The maximum absolute atomic E-state index is 9.20. The van der Waals surface area contributed by atoms with Gasteiger partial charge in [0.15, 0.2) is 0 Å². The van der Waals surface area contributed by atoms with Crippen LogP contribution in [0.15, 0.2) is 24.3 Å². The van der Waals surface area contributed by atoms with Gasteiger partial charge >= 0.3 is 0 Å². The van der Waals surface area contributed by atoms with Crippen molar-refractivity contribution in [2.75, 3.05) is 20.6 Å².